The van der Waals surface area contributed by atoms with Gasteiger partial charge in [-0.1, -0.05) is 13.3 Å². The van der Waals surface area contributed by atoms with Gasteiger partial charge in [-0.05, 0) is 39.0 Å². The predicted octanol–water partition coefficient (Wildman–Crippen LogP) is 3.60. The van der Waals surface area contributed by atoms with Crippen molar-refractivity contribution in [2.45, 2.75) is 58.1 Å². The third-order valence-corrected chi connectivity index (χ3v) is 5.12. The molecule has 2 N–H and O–H groups in total. The summed E-state index contributed by atoms with van der Waals surface area (Å²) in [5, 5.41) is 1.13. The van der Waals surface area contributed by atoms with Gasteiger partial charge in [-0.2, -0.15) is 0 Å². The molecule has 102 valence electrons. The average Bonchev–Trinajstić information content (AvgIpc) is 2.79. The van der Waals surface area contributed by atoms with Gasteiger partial charge in [0.1, 0.15) is 10.6 Å². The Kier molecular flexibility index (Phi) is 4.41. The van der Waals surface area contributed by atoms with E-state index >= 15 is 0 Å². The molecule has 3 nitrogen and oxygen atoms in total. The number of rotatable bonds is 4. The first-order chi connectivity index (χ1) is 8.57. The maximum absolute atomic E-state index is 6.13. The summed E-state index contributed by atoms with van der Waals surface area (Å²) in [4.78, 5) is 5.75. The van der Waals surface area contributed by atoms with Crippen molar-refractivity contribution in [1.29, 1.82) is 0 Å². The minimum absolute atomic E-state index is 0.0657. The SMILES string of the molecule is CCOC1(c2ncc(C(C)N)s2)CCCC(C)C1. The molecule has 0 spiro atoms. The second-order valence-corrected chi connectivity index (χ2v) is 6.55. The zero-order valence-corrected chi connectivity index (χ0v) is 12.4. The van der Waals surface area contributed by atoms with E-state index in [0.717, 1.165) is 29.3 Å². The fourth-order valence-corrected chi connectivity index (χ4v) is 3.92. The molecule has 18 heavy (non-hydrogen) atoms. The van der Waals surface area contributed by atoms with E-state index < -0.39 is 0 Å². The van der Waals surface area contributed by atoms with Gasteiger partial charge in [-0.15, -0.1) is 11.3 Å². The normalized spacial score (nSPS) is 30.3. The molecule has 4 heteroatoms. The minimum atomic E-state index is -0.149. The van der Waals surface area contributed by atoms with Crippen molar-refractivity contribution < 1.29 is 4.74 Å². The minimum Gasteiger partial charge on any atom is -0.368 e. The lowest BCUT2D eigenvalue weighted by molar-refractivity contribution is -0.0820. The summed E-state index contributed by atoms with van der Waals surface area (Å²) in [5.74, 6) is 0.716. The molecule has 3 atom stereocenters. The van der Waals surface area contributed by atoms with Crippen molar-refractivity contribution in [1.82, 2.24) is 4.98 Å². The average molecular weight is 268 g/mol. The fraction of sp³-hybridized carbons (Fsp3) is 0.786. The number of aromatic nitrogens is 1. The van der Waals surface area contributed by atoms with Crippen LogP contribution in [-0.4, -0.2) is 11.6 Å². The van der Waals surface area contributed by atoms with E-state index in [9.17, 15) is 0 Å². The molecule has 0 saturated heterocycles. The largest absolute Gasteiger partial charge is 0.368 e. The van der Waals surface area contributed by atoms with Gasteiger partial charge in [0.15, 0.2) is 0 Å². The molecule has 2 rings (SSSR count). The van der Waals surface area contributed by atoms with E-state index in [-0.39, 0.29) is 11.6 Å². The predicted molar refractivity (Wildman–Crippen MR) is 75.7 cm³/mol. The molecule has 3 unspecified atom stereocenters. The molecular formula is C14H24N2OS. The third kappa shape index (κ3) is 2.76. The van der Waals surface area contributed by atoms with E-state index in [1.54, 1.807) is 11.3 Å². The highest BCUT2D eigenvalue weighted by Gasteiger charge is 2.39. The van der Waals surface area contributed by atoms with Gasteiger partial charge in [0, 0.05) is 23.7 Å². The lowest BCUT2D eigenvalue weighted by Gasteiger charge is -2.38. The topological polar surface area (TPSA) is 48.1 Å². The molecular weight excluding hydrogens is 244 g/mol. The standard InChI is InChI=1S/C14H24N2OS/c1-4-17-14(7-5-6-10(2)8-14)13-16-9-12(18-13)11(3)15/h9-11H,4-8,15H2,1-3H3. The summed E-state index contributed by atoms with van der Waals surface area (Å²) >= 11 is 1.73. The summed E-state index contributed by atoms with van der Waals surface area (Å²) < 4.78 is 6.13. The van der Waals surface area contributed by atoms with Crippen molar-refractivity contribution in [3.8, 4) is 0 Å². The van der Waals surface area contributed by atoms with Crippen molar-refractivity contribution in [3.05, 3.63) is 16.1 Å². The first-order valence-corrected chi connectivity index (χ1v) is 7.75. The molecule has 1 aliphatic carbocycles. The molecule has 1 aromatic heterocycles. The molecule has 0 aromatic carbocycles. The first kappa shape index (κ1) is 14.0. The highest BCUT2D eigenvalue weighted by molar-refractivity contribution is 7.11. The fourth-order valence-electron chi connectivity index (χ4n) is 2.87. The Balaban J connectivity index is 2.27. The second kappa shape index (κ2) is 5.68. The molecule has 0 radical (unpaired) electrons. The van der Waals surface area contributed by atoms with Gasteiger partial charge in [-0.25, -0.2) is 4.98 Å². The third-order valence-electron chi connectivity index (χ3n) is 3.74. The monoisotopic (exact) mass is 268 g/mol. The Bertz CT molecular complexity index is 387. The van der Waals surface area contributed by atoms with E-state index in [2.05, 4.69) is 18.8 Å². The maximum Gasteiger partial charge on any atom is 0.125 e. The van der Waals surface area contributed by atoms with Gasteiger partial charge < -0.3 is 10.5 Å². The highest BCUT2D eigenvalue weighted by atomic mass is 32.1. The highest BCUT2D eigenvalue weighted by Crippen LogP contribution is 2.44. The Morgan fingerprint density at radius 1 is 1.67 bits per heavy atom. The molecule has 1 heterocycles. The Morgan fingerprint density at radius 2 is 2.44 bits per heavy atom. The van der Waals surface area contributed by atoms with Gasteiger partial charge in [0.2, 0.25) is 0 Å². The summed E-state index contributed by atoms with van der Waals surface area (Å²) in [7, 11) is 0. The van der Waals surface area contributed by atoms with E-state index in [1.165, 1.54) is 12.8 Å². The quantitative estimate of drug-likeness (QED) is 0.907. The zero-order valence-electron chi connectivity index (χ0n) is 11.6. The number of ether oxygens (including phenoxy) is 1. The second-order valence-electron chi connectivity index (χ2n) is 5.49. The first-order valence-electron chi connectivity index (χ1n) is 6.93. The van der Waals surface area contributed by atoms with Crippen molar-refractivity contribution in [3.63, 3.8) is 0 Å². The van der Waals surface area contributed by atoms with Crippen molar-refractivity contribution >= 4 is 11.3 Å². The number of hydrogen-bond acceptors (Lipinski definition) is 4. The summed E-state index contributed by atoms with van der Waals surface area (Å²) in [6.45, 7) is 7.14. The van der Waals surface area contributed by atoms with Gasteiger partial charge in [0.05, 0.1) is 0 Å². The van der Waals surface area contributed by atoms with E-state index in [4.69, 9.17) is 10.5 Å². The molecule has 0 bridgehead atoms. The van der Waals surface area contributed by atoms with Gasteiger partial charge in [-0.3, -0.25) is 0 Å². The van der Waals surface area contributed by atoms with Crippen LogP contribution in [0.2, 0.25) is 0 Å². The Hall–Kier alpha value is -0.450. The number of nitrogens with zero attached hydrogens (tertiary/aromatic N) is 1. The van der Waals surface area contributed by atoms with E-state index in [1.807, 2.05) is 13.1 Å². The van der Waals surface area contributed by atoms with Crippen LogP contribution in [0.3, 0.4) is 0 Å². The maximum atomic E-state index is 6.13. The van der Waals surface area contributed by atoms with Crippen molar-refractivity contribution in [2.75, 3.05) is 6.61 Å². The molecule has 0 amide bonds. The lowest BCUT2D eigenvalue weighted by Crippen LogP contribution is -2.35. The van der Waals surface area contributed by atoms with Gasteiger partial charge >= 0.3 is 0 Å². The van der Waals surface area contributed by atoms with Crippen LogP contribution in [0.25, 0.3) is 0 Å². The van der Waals surface area contributed by atoms with E-state index in [0.29, 0.717) is 5.92 Å². The molecule has 1 fully saturated rings. The lowest BCUT2D eigenvalue weighted by atomic mass is 9.79. The van der Waals surface area contributed by atoms with Crippen molar-refractivity contribution in [2.24, 2.45) is 11.7 Å². The van der Waals surface area contributed by atoms with Crippen LogP contribution < -0.4 is 5.73 Å². The number of hydrogen-bond donors (Lipinski definition) is 1. The van der Waals surface area contributed by atoms with Crippen LogP contribution in [0.5, 0.6) is 0 Å². The molecule has 1 saturated carbocycles. The number of thiazole rings is 1. The Labute approximate surface area is 114 Å². The number of nitrogens with two attached hydrogens (primary N) is 1. The molecule has 0 aliphatic heterocycles. The summed E-state index contributed by atoms with van der Waals surface area (Å²) in [5.41, 5.74) is 5.78. The summed E-state index contributed by atoms with van der Waals surface area (Å²) in [6, 6.07) is 0.0657. The molecule has 1 aromatic rings. The van der Waals surface area contributed by atoms with Crippen LogP contribution in [0, 0.1) is 5.92 Å². The van der Waals surface area contributed by atoms with Crippen LogP contribution in [0.1, 0.15) is 62.4 Å². The van der Waals surface area contributed by atoms with Crippen LogP contribution in [0.15, 0.2) is 6.20 Å². The van der Waals surface area contributed by atoms with Crippen LogP contribution in [-0.2, 0) is 10.3 Å². The summed E-state index contributed by atoms with van der Waals surface area (Å²) in [6.07, 6.45) is 6.64. The van der Waals surface area contributed by atoms with Crippen LogP contribution >= 0.6 is 11.3 Å². The smallest absolute Gasteiger partial charge is 0.125 e. The van der Waals surface area contributed by atoms with Crippen LogP contribution in [0.4, 0.5) is 0 Å². The zero-order chi connectivity index (χ0) is 13.2. The Morgan fingerprint density at radius 3 is 3.00 bits per heavy atom. The van der Waals surface area contributed by atoms with Gasteiger partial charge in [0.25, 0.3) is 0 Å². The molecule has 1 aliphatic rings.